The molecule has 2 unspecified atom stereocenters. The number of rotatable bonds is 8. The lowest BCUT2D eigenvalue weighted by Crippen LogP contribution is -2.43. The van der Waals surface area contributed by atoms with Crippen LogP contribution in [0.4, 0.5) is 0 Å². The number of carbonyl (C=O) groups excluding carboxylic acids is 2. The fraction of sp³-hybridized carbons (Fsp3) is 0.824. The zero-order valence-electron chi connectivity index (χ0n) is 14.3. The van der Waals surface area contributed by atoms with E-state index in [0.29, 0.717) is 25.3 Å². The van der Waals surface area contributed by atoms with Crippen molar-refractivity contribution >= 4 is 17.8 Å². The molecule has 2 aliphatic rings. The first-order chi connectivity index (χ1) is 11.5. The molecule has 2 atom stereocenters. The van der Waals surface area contributed by atoms with E-state index in [-0.39, 0.29) is 36.9 Å². The molecule has 0 aromatic heterocycles. The number of ether oxygens (including phenoxy) is 1. The average molecular weight is 340 g/mol. The van der Waals surface area contributed by atoms with E-state index < -0.39 is 5.97 Å². The highest BCUT2D eigenvalue weighted by Gasteiger charge is 2.36. The standard InChI is InChI=1S/C17H28N2O5/c1-24-14-8-13(9-17(22)23)19(11-14)16(21)10-18-15(20)7-6-12-4-2-3-5-12/h12-14H,2-11H2,1H3,(H,18,20)(H,22,23). The molecule has 0 spiro atoms. The van der Waals surface area contributed by atoms with Crippen molar-refractivity contribution in [3.8, 4) is 0 Å². The van der Waals surface area contributed by atoms with Gasteiger partial charge in [0.05, 0.1) is 19.1 Å². The summed E-state index contributed by atoms with van der Waals surface area (Å²) >= 11 is 0. The molecule has 24 heavy (non-hydrogen) atoms. The highest BCUT2D eigenvalue weighted by molar-refractivity contribution is 5.85. The Morgan fingerprint density at radius 1 is 1.25 bits per heavy atom. The third-order valence-corrected chi connectivity index (χ3v) is 5.13. The number of nitrogens with zero attached hydrogens (tertiary/aromatic N) is 1. The van der Waals surface area contributed by atoms with Crippen molar-refractivity contribution in [3.63, 3.8) is 0 Å². The lowest BCUT2D eigenvalue weighted by atomic mass is 10.0. The molecule has 136 valence electrons. The van der Waals surface area contributed by atoms with Gasteiger partial charge < -0.3 is 20.1 Å². The Morgan fingerprint density at radius 3 is 2.58 bits per heavy atom. The fourth-order valence-corrected chi connectivity index (χ4v) is 3.74. The summed E-state index contributed by atoms with van der Waals surface area (Å²) in [6, 6.07) is -0.365. The Morgan fingerprint density at radius 2 is 1.96 bits per heavy atom. The van der Waals surface area contributed by atoms with Crippen molar-refractivity contribution in [1.29, 1.82) is 0 Å². The molecule has 0 aromatic rings. The molecule has 2 rings (SSSR count). The van der Waals surface area contributed by atoms with Gasteiger partial charge in [-0.05, 0) is 18.8 Å². The number of methoxy groups -OCH3 is 1. The number of carboxylic acid groups (broad SMARTS) is 1. The van der Waals surface area contributed by atoms with Crippen molar-refractivity contribution < 1.29 is 24.2 Å². The molecule has 2 N–H and O–H groups in total. The smallest absolute Gasteiger partial charge is 0.305 e. The predicted molar refractivity (Wildman–Crippen MR) is 87.4 cm³/mol. The number of amides is 2. The van der Waals surface area contributed by atoms with Crippen molar-refractivity contribution in [2.75, 3.05) is 20.2 Å². The van der Waals surface area contributed by atoms with Crippen LogP contribution in [-0.4, -0.2) is 60.1 Å². The van der Waals surface area contributed by atoms with Crippen molar-refractivity contribution in [2.24, 2.45) is 5.92 Å². The number of aliphatic carboxylic acids is 1. The van der Waals surface area contributed by atoms with Crippen LogP contribution in [0, 0.1) is 5.92 Å². The Hall–Kier alpha value is -1.63. The molecule has 1 heterocycles. The van der Waals surface area contributed by atoms with Crippen LogP contribution >= 0.6 is 0 Å². The maximum Gasteiger partial charge on any atom is 0.305 e. The molecule has 2 fully saturated rings. The maximum atomic E-state index is 12.3. The molecule has 0 radical (unpaired) electrons. The van der Waals surface area contributed by atoms with Crippen molar-refractivity contribution in [3.05, 3.63) is 0 Å². The third kappa shape index (κ3) is 5.47. The minimum atomic E-state index is -0.935. The Bertz CT molecular complexity index is 462. The number of likely N-dealkylation sites (tertiary alicyclic amines) is 1. The van der Waals surface area contributed by atoms with E-state index in [4.69, 9.17) is 9.84 Å². The van der Waals surface area contributed by atoms with E-state index in [1.54, 1.807) is 7.11 Å². The van der Waals surface area contributed by atoms with E-state index in [1.807, 2.05) is 0 Å². The molecule has 7 nitrogen and oxygen atoms in total. The van der Waals surface area contributed by atoms with Crippen LogP contribution in [0.3, 0.4) is 0 Å². The van der Waals surface area contributed by atoms with Crippen molar-refractivity contribution in [2.45, 2.75) is 63.5 Å². The first kappa shape index (κ1) is 18.7. The second-order valence-corrected chi connectivity index (χ2v) is 6.86. The molecular weight excluding hydrogens is 312 g/mol. The molecule has 1 saturated carbocycles. The van der Waals surface area contributed by atoms with Gasteiger partial charge in [0.1, 0.15) is 0 Å². The lowest BCUT2D eigenvalue weighted by Gasteiger charge is -2.23. The lowest BCUT2D eigenvalue weighted by molar-refractivity contribution is -0.140. The summed E-state index contributed by atoms with van der Waals surface area (Å²) < 4.78 is 5.25. The summed E-state index contributed by atoms with van der Waals surface area (Å²) in [6.07, 6.45) is 6.54. The van der Waals surface area contributed by atoms with Crippen LogP contribution in [0.5, 0.6) is 0 Å². The first-order valence-electron chi connectivity index (χ1n) is 8.80. The Labute approximate surface area is 142 Å². The zero-order valence-corrected chi connectivity index (χ0v) is 14.3. The Kier molecular flexibility index (Phi) is 7.02. The average Bonchev–Trinajstić information content (AvgIpc) is 3.19. The Balaban J connectivity index is 1.75. The second kappa shape index (κ2) is 9.01. The highest BCUT2D eigenvalue weighted by Crippen LogP contribution is 2.28. The third-order valence-electron chi connectivity index (χ3n) is 5.13. The van der Waals surface area contributed by atoms with Crippen LogP contribution in [-0.2, 0) is 19.1 Å². The molecular formula is C17H28N2O5. The largest absolute Gasteiger partial charge is 0.481 e. The van der Waals surface area contributed by atoms with Gasteiger partial charge in [-0.1, -0.05) is 25.7 Å². The van der Waals surface area contributed by atoms with Gasteiger partial charge in [-0.2, -0.15) is 0 Å². The number of hydrogen-bond acceptors (Lipinski definition) is 4. The number of nitrogens with one attached hydrogen (secondary N) is 1. The molecule has 0 aromatic carbocycles. The van der Waals surface area contributed by atoms with Crippen molar-refractivity contribution in [1.82, 2.24) is 10.2 Å². The summed E-state index contributed by atoms with van der Waals surface area (Å²) in [6.45, 7) is 0.307. The van der Waals surface area contributed by atoms with Gasteiger partial charge in [0.25, 0.3) is 0 Å². The SMILES string of the molecule is COC1CC(CC(=O)O)N(C(=O)CNC(=O)CCC2CCCC2)C1. The maximum absolute atomic E-state index is 12.3. The predicted octanol–water partition coefficient (Wildman–Crippen LogP) is 1.16. The molecule has 0 bridgehead atoms. The van der Waals surface area contributed by atoms with E-state index in [9.17, 15) is 14.4 Å². The summed E-state index contributed by atoms with van der Waals surface area (Å²) in [5.74, 6) is -0.634. The van der Waals surface area contributed by atoms with E-state index in [2.05, 4.69) is 5.32 Å². The summed E-state index contributed by atoms with van der Waals surface area (Å²) in [4.78, 5) is 36.7. The first-order valence-corrected chi connectivity index (χ1v) is 8.80. The van der Waals surface area contributed by atoms with Crippen LogP contribution < -0.4 is 5.32 Å². The number of carbonyl (C=O) groups is 3. The molecule has 2 amide bonds. The monoisotopic (exact) mass is 340 g/mol. The van der Waals surface area contributed by atoms with E-state index in [1.165, 1.54) is 30.6 Å². The van der Waals surface area contributed by atoms with Crippen LogP contribution in [0.15, 0.2) is 0 Å². The van der Waals surface area contributed by atoms with Gasteiger partial charge in [-0.25, -0.2) is 0 Å². The van der Waals surface area contributed by atoms with E-state index >= 15 is 0 Å². The minimum Gasteiger partial charge on any atom is -0.481 e. The van der Waals surface area contributed by atoms with Crippen LogP contribution in [0.1, 0.15) is 51.4 Å². The fourth-order valence-electron chi connectivity index (χ4n) is 3.74. The quantitative estimate of drug-likeness (QED) is 0.691. The van der Waals surface area contributed by atoms with Crippen LogP contribution in [0.25, 0.3) is 0 Å². The van der Waals surface area contributed by atoms with Gasteiger partial charge in [-0.3, -0.25) is 14.4 Å². The number of hydrogen-bond donors (Lipinski definition) is 2. The summed E-state index contributed by atoms with van der Waals surface area (Å²) in [5, 5.41) is 11.6. The zero-order chi connectivity index (χ0) is 17.5. The summed E-state index contributed by atoms with van der Waals surface area (Å²) in [7, 11) is 1.56. The minimum absolute atomic E-state index is 0.0734. The van der Waals surface area contributed by atoms with E-state index in [0.717, 1.165) is 6.42 Å². The molecule has 7 heteroatoms. The van der Waals surface area contributed by atoms with Crippen LogP contribution in [0.2, 0.25) is 0 Å². The highest BCUT2D eigenvalue weighted by atomic mass is 16.5. The molecule has 1 saturated heterocycles. The summed E-state index contributed by atoms with van der Waals surface area (Å²) in [5.41, 5.74) is 0. The second-order valence-electron chi connectivity index (χ2n) is 6.86. The van der Waals surface area contributed by atoms with Gasteiger partial charge >= 0.3 is 5.97 Å². The van der Waals surface area contributed by atoms with Gasteiger partial charge in [-0.15, -0.1) is 0 Å². The number of carboxylic acids is 1. The normalized spacial score (nSPS) is 24.3. The van der Waals surface area contributed by atoms with Gasteiger partial charge in [0, 0.05) is 26.1 Å². The molecule has 1 aliphatic heterocycles. The topological polar surface area (TPSA) is 95.9 Å². The molecule has 1 aliphatic carbocycles. The van der Waals surface area contributed by atoms with Gasteiger partial charge in [0.2, 0.25) is 11.8 Å². The van der Waals surface area contributed by atoms with Gasteiger partial charge in [0.15, 0.2) is 0 Å².